The van der Waals surface area contributed by atoms with Gasteiger partial charge in [-0.3, -0.25) is 4.90 Å². The van der Waals surface area contributed by atoms with E-state index in [2.05, 4.69) is 66.7 Å². The second-order valence-electron chi connectivity index (χ2n) is 6.25. The molecule has 2 unspecified atom stereocenters. The minimum atomic E-state index is 0.556. The number of likely N-dealkylation sites (N-methyl/N-ethyl adjacent to an activating group) is 1. The number of fused-ring (bicyclic) bond motifs is 1. The summed E-state index contributed by atoms with van der Waals surface area (Å²) in [6.45, 7) is 4.60. The van der Waals surface area contributed by atoms with Crippen molar-refractivity contribution in [2.75, 3.05) is 13.6 Å². The Morgan fingerprint density at radius 3 is 2.81 bits per heavy atom. The van der Waals surface area contributed by atoms with Gasteiger partial charge in [-0.05, 0) is 49.7 Å². The van der Waals surface area contributed by atoms with Gasteiger partial charge in [0.05, 0.1) is 0 Å². The van der Waals surface area contributed by atoms with Gasteiger partial charge in [-0.1, -0.05) is 48.9 Å². The van der Waals surface area contributed by atoms with Crippen LogP contribution in [0.1, 0.15) is 31.7 Å². The van der Waals surface area contributed by atoms with E-state index in [9.17, 15) is 0 Å². The van der Waals surface area contributed by atoms with Gasteiger partial charge in [-0.15, -0.1) is 0 Å². The van der Waals surface area contributed by atoms with Crippen LogP contribution in [-0.4, -0.2) is 30.6 Å². The average molecular weight is 282 g/mol. The third-order valence-corrected chi connectivity index (χ3v) is 4.95. The number of rotatable bonds is 4. The highest BCUT2D eigenvalue weighted by atomic mass is 15.2. The predicted octanol–water partition coefficient (Wildman–Crippen LogP) is 3.80. The van der Waals surface area contributed by atoms with Gasteiger partial charge in [0.2, 0.25) is 0 Å². The van der Waals surface area contributed by atoms with Gasteiger partial charge < -0.3 is 5.32 Å². The molecule has 2 aromatic carbocycles. The fourth-order valence-corrected chi connectivity index (χ4v) is 3.62. The maximum atomic E-state index is 3.45. The first-order valence-corrected chi connectivity index (χ1v) is 8.17. The van der Waals surface area contributed by atoms with Gasteiger partial charge in [0.25, 0.3) is 0 Å². The lowest BCUT2D eigenvalue weighted by Crippen LogP contribution is -2.49. The standard InChI is InChI=1S/C19H26N2/c1-15(20-2)19-12-5-6-13-21(19)14-17-10-7-9-16-8-3-4-11-18(16)17/h3-4,7-11,15,19-20H,5-6,12-14H2,1-2H3. The smallest absolute Gasteiger partial charge is 0.0250 e. The number of hydrogen-bond acceptors (Lipinski definition) is 2. The minimum Gasteiger partial charge on any atom is -0.316 e. The SMILES string of the molecule is CNC(C)C1CCCCN1Cc1cccc2ccccc12. The van der Waals surface area contributed by atoms with Crippen LogP contribution in [0, 0.1) is 0 Å². The Morgan fingerprint density at radius 1 is 1.14 bits per heavy atom. The summed E-state index contributed by atoms with van der Waals surface area (Å²) in [6, 6.07) is 16.6. The summed E-state index contributed by atoms with van der Waals surface area (Å²) in [5.74, 6) is 0. The molecule has 21 heavy (non-hydrogen) atoms. The lowest BCUT2D eigenvalue weighted by atomic mass is 9.95. The molecule has 1 heterocycles. The Bertz CT molecular complexity index is 588. The van der Waals surface area contributed by atoms with E-state index in [1.54, 1.807) is 0 Å². The lowest BCUT2D eigenvalue weighted by molar-refractivity contribution is 0.114. The van der Waals surface area contributed by atoms with E-state index >= 15 is 0 Å². The first kappa shape index (κ1) is 14.6. The number of likely N-dealkylation sites (tertiary alicyclic amines) is 1. The molecule has 1 aliphatic heterocycles. The van der Waals surface area contributed by atoms with Crippen LogP contribution in [0.5, 0.6) is 0 Å². The van der Waals surface area contributed by atoms with Crippen molar-refractivity contribution in [2.45, 2.75) is 44.8 Å². The van der Waals surface area contributed by atoms with Crippen LogP contribution in [-0.2, 0) is 6.54 Å². The van der Waals surface area contributed by atoms with E-state index < -0.39 is 0 Å². The van der Waals surface area contributed by atoms with Gasteiger partial charge in [0, 0.05) is 18.6 Å². The normalized spacial score (nSPS) is 21.5. The maximum absolute atomic E-state index is 3.45. The molecule has 0 spiro atoms. The molecule has 2 nitrogen and oxygen atoms in total. The molecule has 2 atom stereocenters. The Balaban J connectivity index is 1.86. The highest BCUT2D eigenvalue weighted by molar-refractivity contribution is 5.85. The van der Waals surface area contributed by atoms with Gasteiger partial charge in [0.15, 0.2) is 0 Å². The molecule has 112 valence electrons. The van der Waals surface area contributed by atoms with Crippen molar-refractivity contribution in [1.82, 2.24) is 10.2 Å². The summed E-state index contributed by atoms with van der Waals surface area (Å²) in [5.41, 5.74) is 1.46. The second-order valence-corrected chi connectivity index (χ2v) is 6.25. The first-order valence-electron chi connectivity index (χ1n) is 8.17. The van der Waals surface area contributed by atoms with Crippen LogP contribution in [0.3, 0.4) is 0 Å². The van der Waals surface area contributed by atoms with E-state index in [1.807, 2.05) is 0 Å². The van der Waals surface area contributed by atoms with Crippen LogP contribution in [0.15, 0.2) is 42.5 Å². The van der Waals surface area contributed by atoms with Crippen LogP contribution < -0.4 is 5.32 Å². The topological polar surface area (TPSA) is 15.3 Å². The molecule has 1 aliphatic rings. The predicted molar refractivity (Wildman–Crippen MR) is 90.5 cm³/mol. The van der Waals surface area contributed by atoms with Crippen molar-refractivity contribution in [3.8, 4) is 0 Å². The van der Waals surface area contributed by atoms with Crippen molar-refractivity contribution >= 4 is 10.8 Å². The number of piperidine rings is 1. The molecule has 0 saturated carbocycles. The zero-order chi connectivity index (χ0) is 14.7. The minimum absolute atomic E-state index is 0.556. The summed E-state index contributed by atoms with van der Waals surface area (Å²) >= 11 is 0. The van der Waals surface area contributed by atoms with E-state index in [0.717, 1.165) is 6.54 Å². The molecule has 0 aliphatic carbocycles. The maximum Gasteiger partial charge on any atom is 0.0250 e. The Labute approximate surface area is 128 Å². The van der Waals surface area contributed by atoms with E-state index in [0.29, 0.717) is 12.1 Å². The van der Waals surface area contributed by atoms with Crippen molar-refractivity contribution in [2.24, 2.45) is 0 Å². The summed E-state index contributed by atoms with van der Waals surface area (Å²) in [7, 11) is 2.08. The average Bonchev–Trinajstić information content (AvgIpc) is 2.55. The lowest BCUT2D eigenvalue weighted by Gasteiger charge is -2.39. The van der Waals surface area contributed by atoms with Crippen LogP contribution in [0.4, 0.5) is 0 Å². The highest BCUT2D eigenvalue weighted by Crippen LogP contribution is 2.25. The van der Waals surface area contributed by atoms with Gasteiger partial charge in [0.1, 0.15) is 0 Å². The highest BCUT2D eigenvalue weighted by Gasteiger charge is 2.26. The molecule has 0 aromatic heterocycles. The molecular formula is C19H26N2. The van der Waals surface area contributed by atoms with Gasteiger partial charge in [-0.25, -0.2) is 0 Å². The summed E-state index contributed by atoms with van der Waals surface area (Å²) in [5, 5.41) is 6.20. The zero-order valence-electron chi connectivity index (χ0n) is 13.2. The number of hydrogen-bond donors (Lipinski definition) is 1. The zero-order valence-corrected chi connectivity index (χ0v) is 13.2. The third kappa shape index (κ3) is 3.12. The fraction of sp³-hybridized carbons (Fsp3) is 0.474. The molecule has 2 aromatic rings. The van der Waals surface area contributed by atoms with Crippen LogP contribution >= 0.6 is 0 Å². The van der Waals surface area contributed by atoms with Crippen molar-refractivity contribution in [3.05, 3.63) is 48.0 Å². The molecule has 0 bridgehead atoms. The molecular weight excluding hydrogens is 256 g/mol. The molecule has 1 N–H and O–H groups in total. The van der Waals surface area contributed by atoms with Crippen LogP contribution in [0.2, 0.25) is 0 Å². The summed E-state index contributed by atoms with van der Waals surface area (Å²) in [6.07, 6.45) is 4.01. The van der Waals surface area contributed by atoms with Crippen molar-refractivity contribution < 1.29 is 0 Å². The van der Waals surface area contributed by atoms with Crippen molar-refractivity contribution in [1.29, 1.82) is 0 Å². The largest absolute Gasteiger partial charge is 0.316 e. The summed E-state index contributed by atoms with van der Waals surface area (Å²) < 4.78 is 0. The third-order valence-electron chi connectivity index (χ3n) is 4.95. The van der Waals surface area contributed by atoms with E-state index in [1.165, 1.54) is 42.1 Å². The first-order chi connectivity index (χ1) is 10.3. The fourth-order valence-electron chi connectivity index (χ4n) is 3.62. The van der Waals surface area contributed by atoms with Crippen LogP contribution in [0.25, 0.3) is 10.8 Å². The number of nitrogens with one attached hydrogen (secondary N) is 1. The number of benzene rings is 2. The Morgan fingerprint density at radius 2 is 1.95 bits per heavy atom. The second kappa shape index (κ2) is 6.59. The summed E-state index contributed by atoms with van der Waals surface area (Å²) in [4.78, 5) is 2.67. The number of nitrogens with zero attached hydrogens (tertiary/aromatic N) is 1. The van der Waals surface area contributed by atoms with E-state index in [-0.39, 0.29) is 0 Å². The molecule has 2 heteroatoms. The van der Waals surface area contributed by atoms with Gasteiger partial charge in [-0.2, -0.15) is 0 Å². The molecule has 3 rings (SSSR count). The molecule has 0 radical (unpaired) electrons. The molecule has 0 amide bonds. The van der Waals surface area contributed by atoms with Gasteiger partial charge >= 0.3 is 0 Å². The Hall–Kier alpha value is -1.38. The molecule has 1 fully saturated rings. The monoisotopic (exact) mass is 282 g/mol. The molecule has 1 saturated heterocycles. The quantitative estimate of drug-likeness (QED) is 0.917. The van der Waals surface area contributed by atoms with Crippen molar-refractivity contribution in [3.63, 3.8) is 0 Å². The van der Waals surface area contributed by atoms with E-state index in [4.69, 9.17) is 0 Å². The Kier molecular flexibility index (Phi) is 4.57.